The van der Waals surface area contributed by atoms with Crippen LogP contribution in [-0.2, 0) is 4.79 Å². The number of anilines is 1. The molecule has 0 spiro atoms. The van der Waals surface area contributed by atoms with Gasteiger partial charge in [-0.25, -0.2) is 4.98 Å². The minimum atomic E-state index is 0.182. The molecule has 6 heteroatoms. The van der Waals surface area contributed by atoms with Crippen molar-refractivity contribution in [3.05, 3.63) is 6.33 Å². The predicted octanol–water partition coefficient (Wildman–Crippen LogP) is 0.181. The molecule has 1 saturated heterocycles. The lowest BCUT2D eigenvalue weighted by molar-refractivity contribution is -0.126. The molecule has 1 fully saturated rings. The van der Waals surface area contributed by atoms with E-state index in [4.69, 9.17) is 0 Å². The van der Waals surface area contributed by atoms with E-state index in [1.165, 1.54) is 17.9 Å². The van der Waals surface area contributed by atoms with Crippen LogP contribution in [0.5, 0.6) is 0 Å². The molecule has 1 N–H and O–H groups in total. The number of nitrogens with one attached hydrogen (secondary N) is 1. The first kappa shape index (κ1) is 8.43. The maximum atomic E-state index is 11.2. The number of aromatic nitrogens is 2. The Morgan fingerprint density at radius 2 is 2.62 bits per heavy atom. The van der Waals surface area contributed by atoms with Gasteiger partial charge in [0.15, 0.2) is 0 Å². The number of hydrogen-bond acceptors (Lipinski definition) is 5. The number of rotatable bonds is 2. The minimum absolute atomic E-state index is 0.182. The number of hydrogen-bond donors (Lipinski definition) is 1. The van der Waals surface area contributed by atoms with Gasteiger partial charge in [-0.3, -0.25) is 4.79 Å². The van der Waals surface area contributed by atoms with Gasteiger partial charge >= 0.3 is 0 Å². The number of amides is 1. The molecule has 70 valence electrons. The Bertz CT molecular complexity index is 299. The molecule has 1 aliphatic rings. The smallest absolute Gasteiger partial charge is 0.224 e. The third kappa shape index (κ3) is 1.77. The summed E-state index contributed by atoms with van der Waals surface area (Å²) in [5, 5.41) is 3.95. The van der Waals surface area contributed by atoms with Gasteiger partial charge in [0, 0.05) is 31.5 Å². The maximum Gasteiger partial charge on any atom is 0.224 e. The Labute approximate surface area is 79.9 Å². The van der Waals surface area contributed by atoms with Crippen LogP contribution in [0.4, 0.5) is 5.13 Å². The first-order chi connectivity index (χ1) is 6.25. The lowest BCUT2D eigenvalue weighted by atomic mass is 10.3. The van der Waals surface area contributed by atoms with E-state index in [-0.39, 0.29) is 11.9 Å². The van der Waals surface area contributed by atoms with Crippen LogP contribution < -0.4 is 5.32 Å². The van der Waals surface area contributed by atoms with Crippen LogP contribution in [0.2, 0.25) is 0 Å². The zero-order chi connectivity index (χ0) is 9.26. The monoisotopic (exact) mass is 198 g/mol. The number of carbonyl (C=O) groups is 1. The summed E-state index contributed by atoms with van der Waals surface area (Å²) in [5.74, 6) is 0.182. The number of carbonyl (C=O) groups excluding carboxylic acids is 1. The molecule has 1 atom stereocenters. The summed E-state index contributed by atoms with van der Waals surface area (Å²) in [7, 11) is 1.81. The van der Waals surface area contributed by atoms with Gasteiger partial charge < -0.3 is 10.2 Å². The van der Waals surface area contributed by atoms with Crippen molar-refractivity contribution in [1.82, 2.24) is 14.3 Å². The van der Waals surface area contributed by atoms with Gasteiger partial charge in [0.25, 0.3) is 0 Å². The van der Waals surface area contributed by atoms with Crippen LogP contribution in [0.15, 0.2) is 6.33 Å². The van der Waals surface area contributed by atoms with Gasteiger partial charge in [-0.15, -0.1) is 0 Å². The molecule has 1 aliphatic heterocycles. The number of likely N-dealkylation sites (tertiary alicyclic amines) is 1. The molecule has 2 rings (SSSR count). The molecular formula is C7H10N4OS. The number of likely N-dealkylation sites (N-methyl/N-ethyl adjacent to an activating group) is 1. The van der Waals surface area contributed by atoms with Crippen molar-refractivity contribution in [2.45, 2.75) is 12.5 Å². The molecule has 0 aliphatic carbocycles. The molecule has 13 heavy (non-hydrogen) atoms. The topological polar surface area (TPSA) is 58.1 Å². The fourth-order valence-corrected chi connectivity index (χ4v) is 1.88. The fourth-order valence-electron chi connectivity index (χ4n) is 1.37. The lowest BCUT2D eigenvalue weighted by Gasteiger charge is -2.10. The Kier molecular flexibility index (Phi) is 2.13. The highest BCUT2D eigenvalue weighted by atomic mass is 32.1. The van der Waals surface area contributed by atoms with Gasteiger partial charge in [-0.1, -0.05) is 0 Å². The quantitative estimate of drug-likeness (QED) is 0.736. The molecule has 5 nitrogen and oxygen atoms in total. The van der Waals surface area contributed by atoms with E-state index in [0.717, 1.165) is 11.7 Å². The van der Waals surface area contributed by atoms with E-state index in [1.54, 1.807) is 4.90 Å². The van der Waals surface area contributed by atoms with E-state index in [0.29, 0.717) is 6.42 Å². The van der Waals surface area contributed by atoms with Gasteiger partial charge in [-0.05, 0) is 0 Å². The molecule has 1 aromatic heterocycles. The summed E-state index contributed by atoms with van der Waals surface area (Å²) in [6, 6.07) is 0.186. The van der Waals surface area contributed by atoms with E-state index in [1.807, 2.05) is 7.05 Å². The summed E-state index contributed by atoms with van der Waals surface area (Å²) >= 11 is 1.31. The van der Waals surface area contributed by atoms with Crippen molar-refractivity contribution in [3.63, 3.8) is 0 Å². The molecule has 0 bridgehead atoms. The molecule has 0 radical (unpaired) electrons. The van der Waals surface area contributed by atoms with Crippen LogP contribution in [0.3, 0.4) is 0 Å². The van der Waals surface area contributed by atoms with Crippen LogP contribution in [0.25, 0.3) is 0 Å². The average Bonchev–Trinajstić information content (AvgIpc) is 2.64. The van der Waals surface area contributed by atoms with Crippen LogP contribution in [0, 0.1) is 0 Å². The largest absolute Gasteiger partial charge is 0.355 e. The summed E-state index contributed by atoms with van der Waals surface area (Å²) in [6.45, 7) is 0.748. The highest BCUT2D eigenvalue weighted by Gasteiger charge is 2.26. The van der Waals surface area contributed by atoms with E-state index in [2.05, 4.69) is 14.7 Å². The molecular weight excluding hydrogens is 188 g/mol. The Morgan fingerprint density at radius 1 is 1.77 bits per heavy atom. The highest BCUT2D eigenvalue weighted by Crippen LogP contribution is 2.15. The third-order valence-electron chi connectivity index (χ3n) is 2.03. The van der Waals surface area contributed by atoms with Crippen molar-refractivity contribution in [1.29, 1.82) is 0 Å². The number of nitrogens with zero attached hydrogens (tertiary/aromatic N) is 3. The second-order valence-electron chi connectivity index (χ2n) is 3.07. The van der Waals surface area contributed by atoms with Gasteiger partial charge in [0.1, 0.15) is 6.33 Å². The summed E-state index contributed by atoms with van der Waals surface area (Å²) in [5.41, 5.74) is 0. The zero-order valence-corrected chi connectivity index (χ0v) is 8.04. The van der Waals surface area contributed by atoms with Crippen molar-refractivity contribution in [3.8, 4) is 0 Å². The molecule has 2 heterocycles. The van der Waals surface area contributed by atoms with Gasteiger partial charge in [-0.2, -0.15) is 4.37 Å². The second kappa shape index (κ2) is 3.29. The average molecular weight is 198 g/mol. The molecule has 1 unspecified atom stereocenters. The van der Waals surface area contributed by atoms with Gasteiger partial charge in [0.05, 0.1) is 6.04 Å². The Hall–Kier alpha value is -1.17. The maximum absolute atomic E-state index is 11.2. The predicted molar refractivity (Wildman–Crippen MR) is 49.6 cm³/mol. The van der Waals surface area contributed by atoms with Crippen molar-refractivity contribution < 1.29 is 4.79 Å². The first-order valence-corrected chi connectivity index (χ1v) is 4.80. The van der Waals surface area contributed by atoms with E-state index in [9.17, 15) is 4.79 Å². The molecule has 0 aromatic carbocycles. The molecule has 1 amide bonds. The molecule has 1 aromatic rings. The normalized spacial score (nSPS) is 22.4. The zero-order valence-electron chi connectivity index (χ0n) is 7.23. The van der Waals surface area contributed by atoms with Crippen molar-refractivity contribution in [2.24, 2.45) is 0 Å². The molecule has 0 saturated carbocycles. The minimum Gasteiger partial charge on any atom is -0.355 e. The van der Waals surface area contributed by atoms with E-state index >= 15 is 0 Å². The van der Waals surface area contributed by atoms with Crippen LogP contribution >= 0.6 is 11.5 Å². The summed E-state index contributed by atoms with van der Waals surface area (Å²) in [4.78, 5) is 16.9. The highest BCUT2D eigenvalue weighted by molar-refractivity contribution is 7.09. The van der Waals surface area contributed by atoms with Gasteiger partial charge in [0.2, 0.25) is 11.0 Å². The van der Waals surface area contributed by atoms with E-state index < -0.39 is 0 Å². The van der Waals surface area contributed by atoms with Crippen molar-refractivity contribution in [2.75, 3.05) is 18.9 Å². The fraction of sp³-hybridized carbons (Fsp3) is 0.571. The van der Waals surface area contributed by atoms with Crippen LogP contribution in [0.1, 0.15) is 6.42 Å². The summed E-state index contributed by atoms with van der Waals surface area (Å²) < 4.78 is 3.87. The Morgan fingerprint density at radius 3 is 3.15 bits per heavy atom. The van der Waals surface area contributed by atoms with Crippen molar-refractivity contribution >= 4 is 22.6 Å². The van der Waals surface area contributed by atoms with Crippen LogP contribution in [-0.4, -0.2) is 39.8 Å². The Balaban J connectivity index is 1.94. The standard InChI is InChI=1S/C7H10N4OS/c1-11-3-5(2-6(11)12)10-7-8-4-9-13-7/h4-5H,2-3H2,1H3,(H,8,9,10). The third-order valence-corrected chi connectivity index (χ3v) is 2.63. The summed E-state index contributed by atoms with van der Waals surface area (Å²) in [6.07, 6.45) is 2.06. The first-order valence-electron chi connectivity index (χ1n) is 4.03. The SMILES string of the molecule is CN1CC(Nc2ncns2)CC1=O. The second-order valence-corrected chi connectivity index (χ2v) is 3.85. The lowest BCUT2D eigenvalue weighted by Crippen LogP contribution is -2.24.